The average molecular weight is 460 g/mol. The molecule has 3 heterocycles. The Hall–Kier alpha value is -2.12. The molecule has 0 aliphatic carbocycles. The van der Waals surface area contributed by atoms with Gasteiger partial charge in [0.05, 0.1) is 38.6 Å². The van der Waals surface area contributed by atoms with Gasteiger partial charge in [0, 0.05) is 6.42 Å². The number of carbonyl (C=O) groups excluding carboxylic acids is 2. The highest BCUT2D eigenvalue weighted by Gasteiger charge is 2.37. The summed E-state index contributed by atoms with van der Waals surface area (Å²) >= 11 is 23.9. The molecule has 0 amide bonds. The highest BCUT2D eigenvalue weighted by molar-refractivity contribution is 6.42. The topological polar surface area (TPSA) is 95.3 Å². The van der Waals surface area contributed by atoms with Crippen LogP contribution in [0.1, 0.15) is 44.6 Å². The van der Waals surface area contributed by atoms with Crippen LogP contribution in [0.25, 0.3) is 0 Å². The van der Waals surface area contributed by atoms with Crippen molar-refractivity contribution in [1.82, 2.24) is 9.55 Å². The maximum absolute atomic E-state index is 12.8. The molecule has 2 aromatic heterocycles. The number of nitrogens with one attached hydrogen (secondary N) is 1. The minimum absolute atomic E-state index is 0.00383. The van der Waals surface area contributed by atoms with E-state index in [1.165, 1.54) is 28.8 Å². The monoisotopic (exact) mass is 458 g/mol. The number of ketones is 2. The quantitative estimate of drug-likeness (QED) is 0.466. The molecule has 0 radical (unpaired) electrons. The van der Waals surface area contributed by atoms with E-state index < -0.39 is 17.6 Å². The van der Waals surface area contributed by atoms with Gasteiger partial charge in [0.25, 0.3) is 0 Å². The number of halogens is 4. The zero-order chi connectivity index (χ0) is 20.3. The van der Waals surface area contributed by atoms with Gasteiger partial charge in [-0.25, -0.2) is 0 Å². The molecule has 1 atom stereocenters. The van der Waals surface area contributed by atoms with E-state index in [9.17, 15) is 19.8 Å². The minimum atomic E-state index is -0.814. The number of aromatic nitrogens is 2. The maximum atomic E-state index is 12.8. The van der Waals surface area contributed by atoms with Crippen molar-refractivity contribution in [3.63, 3.8) is 0 Å². The van der Waals surface area contributed by atoms with Crippen LogP contribution in [0, 0.1) is 0 Å². The van der Waals surface area contributed by atoms with E-state index in [2.05, 4.69) is 4.98 Å². The molecular formula is C18H10Cl4N2O4. The summed E-state index contributed by atoms with van der Waals surface area (Å²) in [5.41, 5.74) is 0.221. The van der Waals surface area contributed by atoms with Crippen molar-refractivity contribution in [2.75, 3.05) is 0 Å². The van der Waals surface area contributed by atoms with Gasteiger partial charge in [-0.15, -0.1) is 0 Å². The average Bonchev–Trinajstić information content (AvgIpc) is 3.24. The Morgan fingerprint density at radius 2 is 1.82 bits per heavy atom. The van der Waals surface area contributed by atoms with Gasteiger partial charge in [0.1, 0.15) is 21.8 Å². The van der Waals surface area contributed by atoms with E-state index in [0.717, 1.165) is 0 Å². The lowest BCUT2D eigenvalue weighted by Gasteiger charge is -2.19. The Morgan fingerprint density at radius 3 is 2.46 bits per heavy atom. The summed E-state index contributed by atoms with van der Waals surface area (Å²) in [4.78, 5) is 27.7. The Labute approximate surface area is 178 Å². The van der Waals surface area contributed by atoms with Gasteiger partial charge in [-0.2, -0.15) is 0 Å². The fraction of sp³-hybridized carbons (Fsp3) is 0.111. The number of nitrogens with zero attached hydrogens (tertiary/aromatic N) is 1. The largest absolute Gasteiger partial charge is 0.507 e. The van der Waals surface area contributed by atoms with Crippen LogP contribution in [0.4, 0.5) is 0 Å². The van der Waals surface area contributed by atoms with Crippen molar-refractivity contribution in [2.45, 2.75) is 12.5 Å². The highest BCUT2D eigenvalue weighted by Crippen LogP contribution is 2.46. The zero-order valence-corrected chi connectivity index (χ0v) is 16.8. The summed E-state index contributed by atoms with van der Waals surface area (Å²) < 4.78 is 1.43. The number of benzene rings is 1. The summed E-state index contributed by atoms with van der Waals surface area (Å²) in [6.45, 7) is 0. The Balaban J connectivity index is 1.85. The number of fused-ring (bicyclic) bond motifs is 1. The third kappa shape index (κ3) is 2.79. The lowest BCUT2D eigenvalue weighted by molar-refractivity contribution is 0.0990. The molecule has 3 N–H and O–H groups in total. The summed E-state index contributed by atoms with van der Waals surface area (Å²) in [7, 11) is 0. The fourth-order valence-corrected chi connectivity index (χ4v) is 4.14. The SMILES string of the molecule is O=C(c1cc(Cl)c(Cl)[nH]1)c1ccc(O)c(C2CC(=O)c3cc(Cl)c(Cl)n32)c1O. The molecule has 0 spiro atoms. The first-order valence-electron chi connectivity index (χ1n) is 7.93. The van der Waals surface area contributed by atoms with Gasteiger partial charge < -0.3 is 19.8 Å². The number of phenols is 2. The molecule has 4 rings (SSSR count). The maximum Gasteiger partial charge on any atom is 0.212 e. The molecule has 10 heteroatoms. The first-order valence-corrected chi connectivity index (χ1v) is 9.44. The van der Waals surface area contributed by atoms with Crippen LogP contribution in [-0.4, -0.2) is 31.3 Å². The van der Waals surface area contributed by atoms with Crippen LogP contribution in [-0.2, 0) is 0 Å². The Morgan fingerprint density at radius 1 is 1.11 bits per heavy atom. The number of phenolic OH excluding ortho intramolecular Hbond substituents is 2. The van der Waals surface area contributed by atoms with Crippen molar-refractivity contribution in [1.29, 1.82) is 0 Å². The summed E-state index contributed by atoms with van der Waals surface area (Å²) in [5.74, 6) is -1.60. The molecule has 1 aliphatic rings. The zero-order valence-electron chi connectivity index (χ0n) is 13.8. The van der Waals surface area contributed by atoms with Crippen molar-refractivity contribution in [2.24, 2.45) is 0 Å². The Kier molecular flexibility index (Phi) is 4.62. The van der Waals surface area contributed by atoms with Crippen LogP contribution in [0.3, 0.4) is 0 Å². The van der Waals surface area contributed by atoms with Gasteiger partial charge in [-0.3, -0.25) is 9.59 Å². The second-order valence-electron chi connectivity index (χ2n) is 6.25. The molecule has 0 saturated carbocycles. The molecule has 3 aromatic rings. The van der Waals surface area contributed by atoms with Crippen molar-refractivity contribution in [3.8, 4) is 11.5 Å². The molecule has 28 heavy (non-hydrogen) atoms. The van der Waals surface area contributed by atoms with Crippen molar-refractivity contribution < 1.29 is 19.8 Å². The third-order valence-electron chi connectivity index (χ3n) is 4.65. The van der Waals surface area contributed by atoms with Crippen LogP contribution < -0.4 is 0 Å². The molecule has 0 saturated heterocycles. The number of rotatable bonds is 3. The van der Waals surface area contributed by atoms with Crippen LogP contribution in [0.15, 0.2) is 24.3 Å². The molecule has 6 nitrogen and oxygen atoms in total. The Bertz CT molecular complexity index is 1150. The predicted octanol–water partition coefficient (Wildman–Crippen LogP) is 5.25. The lowest BCUT2D eigenvalue weighted by Crippen LogP contribution is -2.10. The normalized spacial score (nSPS) is 15.9. The molecular weight excluding hydrogens is 450 g/mol. The van der Waals surface area contributed by atoms with Crippen molar-refractivity contribution in [3.05, 3.63) is 67.1 Å². The van der Waals surface area contributed by atoms with Crippen LogP contribution >= 0.6 is 46.4 Å². The molecule has 1 aliphatic heterocycles. The molecule has 144 valence electrons. The number of carbonyl (C=O) groups is 2. The molecule has 1 aromatic carbocycles. The summed E-state index contributed by atoms with van der Waals surface area (Å²) in [6.07, 6.45) is -0.0505. The highest BCUT2D eigenvalue weighted by atomic mass is 35.5. The number of aromatic amines is 1. The summed E-state index contributed by atoms with van der Waals surface area (Å²) in [5, 5.41) is 21.7. The molecule has 0 bridgehead atoms. The number of hydrogen-bond donors (Lipinski definition) is 3. The standard InChI is InChI=1S/C18H10Cl4N2O4/c19-7-3-9(23-17(7)21)15(27)6-1-2-12(25)14(16(6)28)11-5-13(26)10-4-8(20)18(22)24(10)11/h1-4,11,23,25,28H,5H2. The van der Waals surface area contributed by atoms with Gasteiger partial charge in [0.2, 0.25) is 5.78 Å². The lowest BCUT2D eigenvalue weighted by atomic mass is 9.96. The van der Waals surface area contributed by atoms with Crippen LogP contribution in [0.2, 0.25) is 20.4 Å². The smallest absolute Gasteiger partial charge is 0.212 e. The number of Topliss-reactive ketones (excluding diaryl/α,β-unsaturated/α-hetero) is 1. The number of H-pyrrole nitrogens is 1. The number of aromatic hydroxyl groups is 2. The van der Waals surface area contributed by atoms with Crippen LogP contribution in [0.5, 0.6) is 11.5 Å². The first-order chi connectivity index (χ1) is 13.2. The van der Waals surface area contributed by atoms with Gasteiger partial charge >= 0.3 is 0 Å². The third-order valence-corrected chi connectivity index (χ3v) is 6.11. The van der Waals surface area contributed by atoms with E-state index in [1.807, 2.05) is 0 Å². The second-order valence-corrected chi connectivity index (χ2v) is 7.80. The second kappa shape index (κ2) is 6.74. The van der Waals surface area contributed by atoms with E-state index >= 15 is 0 Å². The summed E-state index contributed by atoms with van der Waals surface area (Å²) in [6, 6.07) is 4.47. The van der Waals surface area contributed by atoms with Gasteiger partial charge in [0.15, 0.2) is 5.78 Å². The fourth-order valence-electron chi connectivity index (χ4n) is 3.37. The minimum Gasteiger partial charge on any atom is -0.507 e. The van der Waals surface area contributed by atoms with E-state index in [4.69, 9.17) is 46.4 Å². The molecule has 0 fully saturated rings. The van der Waals surface area contributed by atoms with E-state index in [1.54, 1.807) is 0 Å². The van der Waals surface area contributed by atoms with Gasteiger partial charge in [-0.05, 0) is 24.3 Å². The van der Waals surface area contributed by atoms with Crippen molar-refractivity contribution >= 4 is 58.0 Å². The first kappa shape index (κ1) is 19.2. The van der Waals surface area contributed by atoms with Gasteiger partial charge in [-0.1, -0.05) is 46.4 Å². The van der Waals surface area contributed by atoms with E-state index in [-0.39, 0.29) is 60.8 Å². The van der Waals surface area contributed by atoms with E-state index in [0.29, 0.717) is 0 Å². The molecule has 1 unspecified atom stereocenters. The predicted molar refractivity (Wildman–Crippen MR) is 106 cm³/mol. The number of hydrogen-bond acceptors (Lipinski definition) is 4.